The van der Waals surface area contributed by atoms with Crippen molar-refractivity contribution in [1.82, 2.24) is 0 Å². The first-order valence-corrected chi connectivity index (χ1v) is 4.63. The van der Waals surface area contributed by atoms with Gasteiger partial charge in [-0.05, 0) is 6.42 Å². The summed E-state index contributed by atoms with van der Waals surface area (Å²) in [6.07, 6.45) is 11.4. The Bertz CT molecular complexity index is 63.4. The monoisotopic (exact) mass is 156 g/mol. The Morgan fingerprint density at radius 1 is 1.00 bits per heavy atom. The molecule has 0 atom stereocenters. The van der Waals surface area contributed by atoms with Crippen LogP contribution in [-0.4, -0.2) is 11.7 Å². The standard InChI is InChI=1S/C6H12.C4H8O/c1-2-4-6-5-3-1;1-2-3-4-5/h1-6H2;2,5H,1,3-4H2. The Hall–Kier alpha value is -0.300. The first kappa shape index (κ1) is 10.7. The van der Waals surface area contributed by atoms with Crippen LogP contribution in [0.15, 0.2) is 12.7 Å². The van der Waals surface area contributed by atoms with Gasteiger partial charge in [-0.15, -0.1) is 6.58 Å². The largest absolute Gasteiger partial charge is 0.396 e. The van der Waals surface area contributed by atoms with Gasteiger partial charge >= 0.3 is 0 Å². The summed E-state index contributed by atoms with van der Waals surface area (Å²) < 4.78 is 0. The number of aliphatic hydroxyl groups excluding tert-OH is 1. The summed E-state index contributed by atoms with van der Waals surface area (Å²) in [5.41, 5.74) is 0. The number of hydrogen-bond donors (Lipinski definition) is 1. The number of aliphatic hydroxyl groups is 1. The first-order valence-electron chi connectivity index (χ1n) is 4.63. The summed E-state index contributed by atoms with van der Waals surface area (Å²) in [6, 6.07) is 0. The molecule has 0 aromatic carbocycles. The van der Waals surface area contributed by atoms with E-state index in [1.54, 1.807) is 6.08 Å². The van der Waals surface area contributed by atoms with Crippen molar-refractivity contribution in [1.29, 1.82) is 0 Å². The Kier molecular flexibility index (Phi) is 9.44. The SMILES string of the molecule is C1CCCCC1.C=CCCO. The van der Waals surface area contributed by atoms with Crippen molar-refractivity contribution in [3.63, 3.8) is 0 Å². The minimum atomic E-state index is 0.226. The summed E-state index contributed by atoms with van der Waals surface area (Å²) in [4.78, 5) is 0. The Morgan fingerprint density at radius 2 is 1.36 bits per heavy atom. The zero-order chi connectivity index (χ0) is 8.36. The van der Waals surface area contributed by atoms with Crippen LogP contribution in [0.25, 0.3) is 0 Å². The normalized spacial score (nSPS) is 16.5. The lowest BCUT2D eigenvalue weighted by Gasteiger charge is -2.05. The molecular weight excluding hydrogens is 136 g/mol. The maximum absolute atomic E-state index is 8.00. The second-order valence-electron chi connectivity index (χ2n) is 2.92. The van der Waals surface area contributed by atoms with Crippen molar-refractivity contribution in [2.24, 2.45) is 0 Å². The quantitative estimate of drug-likeness (QED) is 0.609. The summed E-state index contributed by atoms with van der Waals surface area (Å²) in [5, 5.41) is 8.00. The first-order chi connectivity index (χ1) is 5.41. The average Bonchev–Trinajstić information content (AvgIpc) is 2.10. The minimum absolute atomic E-state index is 0.226. The topological polar surface area (TPSA) is 20.2 Å². The smallest absolute Gasteiger partial charge is 0.0465 e. The van der Waals surface area contributed by atoms with Crippen molar-refractivity contribution in [3.8, 4) is 0 Å². The molecule has 0 aromatic rings. The summed E-state index contributed by atoms with van der Waals surface area (Å²) in [5.74, 6) is 0. The van der Waals surface area contributed by atoms with Gasteiger partial charge in [0.25, 0.3) is 0 Å². The molecule has 66 valence electrons. The van der Waals surface area contributed by atoms with Gasteiger partial charge < -0.3 is 5.11 Å². The van der Waals surface area contributed by atoms with Gasteiger partial charge in [0, 0.05) is 6.61 Å². The van der Waals surface area contributed by atoms with E-state index >= 15 is 0 Å². The van der Waals surface area contributed by atoms with E-state index in [4.69, 9.17) is 5.11 Å². The number of hydrogen-bond acceptors (Lipinski definition) is 1. The molecule has 0 aliphatic heterocycles. The molecule has 1 heteroatoms. The fourth-order valence-corrected chi connectivity index (χ4v) is 1.15. The van der Waals surface area contributed by atoms with Crippen LogP contribution in [-0.2, 0) is 0 Å². The van der Waals surface area contributed by atoms with E-state index in [9.17, 15) is 0 Å². The molecular formula is C10H20O. The summed E-state index contributed by atoms with van der Waals surface area (Å²) in [7, 11) is 0. The van der Waals surface area contributed by atoms with E-state index in [2.05, 4.69) is 6.58 Å². The van der Waals surface area contributed by atoms with Gasteiger partial charge in [0.05, 0.1) is 0 Å². The van der Waals surface area contributed by atoms with E-state index in [0.29, 0.717) is 6.42 Å². The van der Waals surface area contributed by atoms with Crippen LogP contribution >= 0.6 is 0 Å². The Labute approximate surface area is 70.1 Å². The molecule has 1 saturated carbocycles. The van der Waals surface area contributed by atoms with E-state index in [0.717, 1.165) is 0 Å². The minimum Gasteiger partial charge on any atom is -0.396 e. The maximum Gasteiger partial charge on any atom is 0.0465 e. The van der Waals surface area contributed by atoms with Crippen molar-refractivity contribution in [3.05, 3.63) is 12.7 Å². The lowest BCUT2D eigenvalue weighted by Crippen LogP contribution is -1.85. The highest BCUT2D eigenvalue weighted by Gasteiger charge is 1.95. The van der Waals surface area contributed by atoms with Crippen LogP contribution < -0.4 is 0 Å². The van der Waals surface area contributed by atoms with E-state index < -0.39 is 0 Å². The van der Waals surface area contributed by atoms with Crippen molar-refractivity contribution in [2.75, 3.05) is 6.61 Å². The molecule has 0 radical (unpaired) electrons. The van der Waals surface area contributed by atoms with Crippen molar-refractivity contribution < 1.29 is 5.11 Å². The zero-order valence-corrected chi connectivity index (χ0v) is 7.39. The molecule has 0 spiro atoms. The van der Waals surface area contributed by atoms with Crippen LogP contribution in [0, 0.1) is 0 Å². The summed E-state index contributed by atoms with van der Waals surface area (Å²) >= 11 is 0. The molecule has 1 aliphatic rings. The van der Waals surface area contributed by atoms with Crippen LogP contribution in [0.2, 0.25) is 0 Å². The van der Waals surface area contributed by atoms with Crippen LogP contribution in [0.5, 0.6) is 0 Å². The fourth-order valence-electron chi connectivity index (χ4n) is 1.15. The van der Waals surface area contributed by atoms with Gasteiger partial charge in [-0.25, -0.2) is 0 Å². The molecule has 11 heavy (non-hydrogen) atoms. The maximum atomic E-state index is 8.00. The molecule has 1 nitrogen and oxygen atoms in total. The molecule has 1 N–H and O–H groups in total. The highest BCUT2D eigenvalue weighted by Crippen LogP contribution is 2.15. The van der Waals surface area contributed by atoms with E-state index in [1.807, 2.05) is 0 Å². The van der Waals surface area contributed by atoms with Crippen LogP contribution in [0.3, 0.4) is 0 Å². The predicted molar refractivity (Wildman–Crippen MR) is 49.6 cm³/mol. The Balaban J connectivity index is 0.000000187. The van der Waals surface area contributed by atoms with Crippen LogP contribution in [0.4, 0.5) is 0 Å². The van der Waals surface area contributed by atoms with Gasteiger partial charge in [-0.2, -0.15) is 0 Å². The fraction of sp³-hybridized carbons (Fsp3) is 0.800. The molecule has 0 bridgehead atoms. The highest BCUT2D eigenvalue weighted by molar-refractivity contribution is 4.63. The van der Waals surface area contributed by atoms with E-state index in [-0.39, 0.29) is 6.61 Å². The molecule has 0 aromatic heterocycles. The molecule has 0 unspecified atom stereocenters. The van der Waals surface area contributed by atoms with Gasteiger partial charge in [0.2, 0.25) is 0 Å². The molecule has 0 saturated heterocycles. The summed E-state index contributed by atoms with van der Waals surface area (Å²) in [6.45, 7) is 3.62. The van der Waals surface area contributed by atoms with Gasteiger partial charge in [-0.3, -0.25) is 0 Å². The second kappa shape index (κ2) is 9.70. The van der Waals surface area contributed by atoms with Crippen LogP contribution in [0.1, 0.15) is 44.9 Å². The third kappa shape index (κ3) is 9.70. The van der Waals surface area contributed by atoms with Crippen molar-refractivity contribution >= 4 is 0 Å². The van der Waals surface area contributed by atoms with Gasteiger partial charge in [0.1, 0.15) is 0 Å². The lowest BCUT2D eigenvalue weighted by atomic mass is 10.0. The molecule has 1 aliphatic carbocycles. The highest BCUT2D eigenvalue weighted by atomic mass is 16.2. The molecule has 1 fully saturated rings. The molecule has 1 rings (SSSR count). The van der Waals surface area contributed by atoms with E-state index in [1.165, 1.54) is 38.5 Å². The lowest BCUT2D eigenvalue weighted by molar-refractivity contribution is 0.303. The Morgan fingerprint density at radius 3 is 1.45 bits per heavy atom. The third-order valence-corrected chi connectivity index (χ3v) is 1.83. The van der Waals surface area contributed by atoms with Gasteiger partial charge in [-0.1, -0.05) is 44.6 Å². The predicted octanol–water partition coefficient (Wildman–Crippen LogP) is 2.90. The van der Waals surface area contributed by atoms with Gasteiger partial charge in [0.15, 0.2) is 0 Å². The third-order valence-electron chi connectivity index (χ3n) is 1.83. The second-order valence-corrected chi connectivity index (χ2v) is 2.92. The zero-order valence-electron chi connectivity index (χ0n) is 7.39. The number of rotatable bonds is 2. The average molecular weight is 156 g/mol. The molecule has 0 heterocycles. The molecule has 0 amide bonds. The van der Waals surface area contributed by atoms with Crippen molar-refractivity contribution in [2.45, 2.75) is 44.9 Å².